The van der Waals surface area contributed by atoms with Crippen LogP contribution in [0.1, 0.15) is 186 Å². The summed E-state index contributed by atoms with van der Waals surface area (Å²) in [6.45, 7) is 4.66. The molecule has 7 nitrogen and oxygen atoms in total. The normalized spacial score (nSPS) is 50.9. The molecule has 0 amide bonds. The first kappa shape index (κ1) is 41.2. The minimum atomic E-state index is -3.05. The highest BCUT2D eigenvalue weighted by molar-refractivity contribution is 7.92. The van der Waals surface area contributed by atoms with Gasteiger partial charge in [-0.05, 0) is 215 Å². The summed E-state index contributed by atoms with van der Waals surface area (Å²) in [6, 6.07) is 7.31. The van der Waals surface area contributed by atoms with Crippen LogP contribution >= 0.6 is 0 Å². The van der Waals surface area contributed by atoms with Crippen molar-refractivity contribution in [2.24, 2.45) is 47.3 Å². The molecule has 0 aromatic carbocycles. The summed E-state index contributed by atoms with van der Waals surface area (Å²) in [6.07, 6.45) is 39.1. The van der Waals surface area contributed by atoms with Gasteiger partial charge in [-0.2, -0.15) is 0 Å². The van der Waals surface area contributed by atoms with Crippen LogP contribution < -0.4 is 10.6 Å². The molecule has 12 unspecified atom stereocenters. The summed E-state index contributed by atoms with van der Waals surface area (Å²) in [5, 5.41) is 7.30. The van der Waals surface area contributed by atoms with Gasteiger partial charge in [0.15, 0.2) is 9.84 Å². The van der Waals surface area contributed by atoms with E-state index in [4.69, 9.17) is 0 Å². The quantitative estimate of drug-likeness (QED) is 0.277. The fourth-order valence-electron chi connectivity index (χ4n) is 19.6. The molecular weight excluding hydrogens is 759 g/mol. The second-order valence-corrected chi connectivity index (χ2v) is 26.7. The Balaban J connectivity index is 0.663. The highest BCUT2D eigenvalue weighted by atomic mass is 32.2. The summed E-state index contributed by atoms with van der Waals surface area (Å²) >= 11 is 0. The van der Waals surface area contributed by atoms with Crippen molar-refractivity contribution < 1.29 is 8.42 Å². The number of nitrogens with zero attached hydrogens (tertiary/aromatic N) is 3. The predicted molar refractivity (Wildman–Crippen MR) is 244 cm³/mol. The van der Waals surface area contributed by atoms with Gasteiger partial charge < -0.3 is 10.6 Å². The van der Waals surface area contributed by atoms with Crippen LogP contribution in [0.2, 0.25) is 0 Å². The van der Waals surface area contributed by atoms with Gasteiger partial charge >= 0.3 is 0 Å². The lowest BCUT2D eigenvalue weighted by molar-refractivity contribution is 0.00830. The van der Waals surface area contributed by atoms with Crippen LogP contribution in [0, 0.1) is 47.3 Å². The standard InChI is InChI=1S/C52H87N5O2S/c58-60(59,40-24-20-38(21-25-40)55-49-26-28-53-32-45(49)46-33-54-29-27-50(46)55)39-22-16-35(17-23-39)34-14-18-37(19-15-34)57-48-13-7-5-11-42(48)44-30-43-41-10-4-6-12-47(41)56(51(43)31-52(44)57)36-8-2-1-3-9-36/h34-54H,1-33H2. The summed E-state index contributed by atoms with van der Waals surface area (Å²) < 4.78 is 28.7. The van der Waals surface area contributed by atoms with Crippen molar-refractivity contribution >= 4 is 9.84 Å². The van der Waals surface area contributed by atoms with E-state index in [-0.39, 0.29) is 10.5 Å². The Morgan fingerprint density at radius 3 is 1.27 bits per heavy atom. The third-order valence-electron chi connectivity index (χ3n) is 22.0. The van der Waals surface area contributed by atoms with Crippen LogP contribution in [-0.2, 0) is 9.84 Å². The number of nitrogens with one attached hydrogen (secondary N) is 2. The van der Waals surface area contributed by atoms with E-state index in [0.29, 0.717) is 18.1 Å². The number of rotatable bonds is 6. The fourth-order valence-corrected chi connectivity index (χ4v) is 22.1. The van der Waals surface area contributed by atoms with Crippen LogP contribution in [0.5, 0.6) is 0 Å². The Kier molecular flexibility index (Phi) is 11.8. The second-order valence-electron chi connectivity index (χ2n) is 24.2. The summed E-state index contributed by atoms with van der Waals surface area (Å²) in [5.41, 5.74) is 0. The molecule has 338 valence electrons. The fraction of sp³-hybridized carbons (Fsp3) is 1.00. The molecule has 2 N–H and O–H groups in total. The van der Waals surface area contributed by atoms with Gasteiger partial charge in [0.05, 0.1) is 10.5 Å². The Morgan fingerprint density at radius 2 is 0.733 bits per heavy atom. The highest BCUT2D eigenvalue weighted by Gasteiger charge is 2.61. The zero-order valence-electron chi connectivity index (χ0n) is 37.9. The van der Waals surface area contributed by atoms with Gasteiger partial charge in [-0.3, -0.25) is 14.7 Å². The van der Waals surface area contributed by atoms with E-state index in [2.05, 4.69) is 25.3 Å². The summed E-state index contributed by atoms with van der Waals surface area (Å²) in [4.78, 5) is 9.56. The molecular formula is C52H87N5O2S. The molecule has 5 aliphatic heterocycles. The van der Waals surface area contributed by atoms with Crippen molar-refractivity contribution in [2.45, 2.75) is 251 Å². The zero-order chi connectivity index (χ0) is 40.0. The Morgan fingerprint density at radius 1 is 0.333 bits per heavy atom. The number of likely N-dealkylation sites (tertiary alicyclic amines) is 3. The van der Waals surface area contributed by atoms with Crippen molar-refractivity contribution in [1.29, 1.82) is 0 Å². The number of piperidine rings is 2. The molecule has 7 saturated carbocycles. The Bertz CT molecular complexity index is 1560. The van der Waals surface area contributed by atoms with Gasteiger partial charge in [0, 0.05) is 54.4 Å². The van der Waals surface area contributed by atoms with Gasteiger partial charge in [-0.15, -0.1) is 0 Å². The third-order valence-corrected chi connectivity index (χ3v) is 24.8. The minimum Gasteiger partial charge on any atom is -0.316 e. The minimum absolute atomic E-state index is 0.0616. The maximum Gasteiger partial charge on any atom is 0.156 e. The average molecular weight is 846 g/mol. The zero-order valence-corrected chi connectivity index (χ0v) is 38.7. The first-order chi connectivity index (χ1) is 29.5. The van der Waals surface area contributed by atoms with Crippen LogP contribution in [0.3, 0.4) is 0 Å². The molecule has 5 heterocycles. The number of hydrogen-bond donors (Lipinski definition) is 2. The van der Waals surface area contributed by atoms with E-state index in [1.165, 1.54) is 148 Å². The number of hydrogen-bond acceptors (Lipinski definition) is 7. The molecule has 0 radical (unpaired) electrons. The van der Waals surface area contributed by atoms with E-state index in [9.17, 15) is 8.42 Å². The maximum absolute atomic E-state index is 14.3. The molecule has 0 spiro atoms. The third kappa shape index (κ3) is 7.11. The molecule has 12 aliphatic rings. The Labute approximate surface area is 366 Å². The Hall–Kier alpha value is -0.250. The molecule has 0 aromatic heterocycles. The molecule has 12 fully saturated rings. The van der Waals surface area contributed by atoms with Crippen molar-refractivity contribution in [3.63, 3.8) is 0 Å². The van der Waals surface area contributed by atoms with Gasteiger partial charge in [0.25, 0.3) is 0 Å². The molecule has 5 saturated heterocycles. The van der Waals surface area contributed by atoms with E-state index in [1.807, 2.05) is 0 Å². The van der Waals surface area contributed by atoms with Crippen LogP contribution in [0.15, 0.2) is 0 Å². The molecule has 60 heavy (non-hydrogen) atoms. The predicted octanol–water partition coefficient (Wildman–Crippen LogP) is 8.95. The van der Waals surface area contributed by atoms with E-state index in [0.717, 1.165) is 135 Å². The van der Waals surface area contributed by atoms with Crippen molar-refractivity contribution in [1.82, 2.24) is 25.3 Å². The smallest absolute Gasteiger partial charge is 0.156 e. The molecule has 12 atom stereocenters. The van der Waals surface area contributed by atoms with Crippen molar-refractivity contribution in [2.75, 3.05) is 26.2 Å². The molecule has 7 aliphatic carbocycles. The van der Waals surface area contributed by atoms with Crippen LogP contribution in [-0.4, -0.2) is 114 Å². The first-order valence-corrected chi connectivity index (χ1v) is 29.1. The van der Waals surface area contributed by atoms with E-state index >= 15 is 0 Å². The van der Waals surface area contributed by atoms with Crippen molar-refractivity contribution in [3.8, 4) is 0 Å². The van der Waals surface area contributed by atoms with E-state index in [1.54, 1.807) is 12.8 Å². The van der Waals surface area contributed by atoms with Gasteiger partial charge in [0.2, 0.25) is 0 Å². The van der Waals surface area contributed by atoms with Gasteiger partial charge in [0.1, 0.15) is 0 Å². The lowest BCUT2D eigenvalue weighted by Gasteiger charge is -2.48. The monoisotopic (exact) mass is 846 g/mol. The van der Waals surface area contributed by atoms with Gasteiger partial charge in [-0.1, -0.05) is 44.9 Å². The van der Waals surface area contributed by atoms with Crippen LogP contribution in [0.4, 0.5) is 0 Å². The molecule has 0 aromatic rings. The molecule has 12 rings (SSSR count). The topological polar surface area (TPSA) is 67.9 Å². The lowest BCUT2D eigenvalue weighted by atomic mass is 9.65. The molecule has 0 bridgehead atoms. The number of fused-ring (bicyclic) bond motifs is 9. The largest absolute Gasteiger partial charge is 0.316 e. The van der Waals surface area contributed by atoms with Crippen molar-refractivity contribution in [3.05, 3.63) is 0 Å². The number of sulfone groups is 1. The van der Waals surface area contributed by atoms with Gasteiger partial charge in [-0.25, -0.2) is 8.42 Å². The summed E-state index contributed by atoms with van der Waals surface area (Å²) in [7, 11) is -3.05. The van der Waals surface area contributed by atoms with E-state index < -0.39 is 9.84 Å². The second kappa shape index (κ2) is 17.2. The SMILES string of the molecule is O=S(=O)(C1CCC(C2CCC(N3C4CCCCC4C4CC5C6CCCCC6N(C6CCCCC6)C5CC43)CC2)CC1)C1CCC(N2C3CCNCC3C3CNCCC32)CC1. The lowest BCUT2D eigenvalue weighted by Crippen LogP contribution is -2.54. The molecule has 8 heteroatoms. The average Bonchev–Trinajstić information content (AvgIpc) is 3.94. The maximum atomic E-state index is 14.3. The first-order valence-electron chi connectivity index (χ1n) is 27.5. The summed E-state index contributed by atoms with van der Waals surface area (Å²) in [5.74, 6) is 7.16. The van der Waals surface area contributed by atoms with Crippen LogP contribution in [0.25, 0.3) is 0 Å². The highest BCUT2D eigenvalue weighted by Crippen LogP contribution is 2.59.